The van der Waals surface area contributed by atoms with Crippen molar-refractivity contribution in [2.75, 3.05) is 18.8 Å². The predicted molar refractivity (Wildman–Crippen MR) is 84.9 cm³/mol. The zero-order valence-corrected chi connectivity index (χ0v) is 12.8. The summed E-state index contributed by atoms with van der Waals surface area (Å²) >= 11 is 0. The molecule has 1 aromatic carbocycles. The maximum absolute atomic E-state index is 9.58. The SMILES string of the molecule is CC(C)N1CCC(Cn2c(CO)nc3cc(N)ccc32)C1. The summed E-state index contributed by atoms with van der Waals surface area (Å²) in [4.78, 5) is 7.02. The van der Waals surface area contributed by atoms with Crippen molar-refractivity contribution in [3.63, 3.8) is 0 Å². The molecule has 0 aliphatic carbocycles. The van der Waals surface area contributed by atoms with Gasteiger partial charge in [0.05, 0.1) is 11.0 Å². The van der Waals surface area contributed by atoms with Crippen molar-refractivity contribution in [3.8, 4) is 0 Å². The highest BCUT2D eigenvalue weighted by Gasteiger charge is 2.25. The summed E-state index contributed by atoms with van der Waals surface area (Å²) in [6.45, 7) is 7.66. The first-order valence-corrected chi connectivity index (χ1v) is 7.68. The van der Waals surface area contributed by atoms with Crippen LogP contribution in [0, 0.1) is 5.92 Å². The summed E-state index contributed by atoms with van der Waals surface area (Å²) in [5, 5.41) is 9.58. The number of aliphatic hydroxyl groups excluding tert-OH is 1. The van der Waals surface area contributed by atoms with Crippen LogP contribution in [0.3, 0.4) is 0 Å². The highest BCUT2D eigenvalue weighted by atomic mass is 16.3. The van der Waals surface area contributed by atoms with Gasteiger partial charge in [0.25, 0.3) is 0 Å². The quantitative estimate of drug-likeness (QED) is 0.843. The van der Waals surface area contributed by atoms with E-state index in [2.05, 4.69) is 28.3 Å². The van der Waals surface area contributed by atoms with Gasteiger partial charge in [-0.3, -0.25) is 0 Å². The van der Waals surface area contributed by atoms with Gasteiger partial charge in [0.1, 0.15) is 12.4 Å². The topological polar surface area (TPSA) is 67.3 Å². The summed E-state index contributed by atoms with van der Waals surface area (Å²) in [7, 11) is 0. The number of nitrogens with two attached hydrogens (primary N) is 1. The zero-order chi connectivity index (χ0) is 15.0. The van der Waals surface area contributed by atoms with Gasteiger partial charge in [0.2, 0.25) is 0 Å². The normalized spacial score (nSPS) is 19.9. The molecule has 3 N–H and O–H groups in total. The molecule has 1 atom stereocenters. The van der Waals surface area contributed by atoms with Gasteiger partial charge in [0.15, 0.2) is 0 Å². The summed E-state index contributed by atoms with van der Waals surface area (Å²) in [5.41, 5.74) is 8.47. The maximum atomic E-state index is 9.58. The number of imidazole rings is 1. The molecule has 0 saturated carbocycles. The molecule has 114 valence electrons. The van der Waals surface area contributed by atoms with E-state index < -0.39 is 0 Å². The van der Waals surface area contributed by atoms with Crippen molar-refractivity contribution in [1.82, 2.24) is 14.5 Å². The Morgan fingerprint density at radius 2 is 2.24 bits per heavy atom. The summed E-state index contributed by atoms with van der Waals surface area (Å²) in [6.07, 6.45) is 1.21. The molecule has 1 aliphatic heterocycles. The first-order chi connectivity index (χ1) is 10.1. The van der Waals surface area contributed by atoms with Gasteiger partial charge in [-0.25, -0.2) is 4.98 Å². The molecule has 1 unspecified atom stereocenters. The third-order valence-electron chi connectivity index (χ3n) is 4.48. The smallest absolute Gasteiger partial charge is 0.135 e. The lowest BCUT2D eigenvalue weighted by molar-refractivity contribution is 0.251. The molecule has 5 nitrogen and oxygen atoms in total. The lowest BCUT2D eigenvalue weighted by Crippen LogP contribution is -2.28. The van der Waals surface area contributed by atoms with Crippen molar-refractivity contribution < 1.29 is 5.11 Å². The molecule has 2 heterocycles. The Morgan fingerprint density at radius 3 is 2.90 bits per heavy atom. The number of benzene rings is 1. The molecule has 0 amide bonds. The Balaban J connectivity index is 1.86. The van der Waals surface area contributed by atoms with Crippen molar-refractivity contribution in [2.45, 2.75) is 39.5 Å². The molecular weight excluding hydrogens is 264 g/mol. The Bertz CT molecular complexity index is 634. The van der Waals surface area contributed by atoms with E-state index in [-0.39, 0.29) is 6.61 Å². The molecule has 0 bridgehead atoms. The van der Waals surface area contributed by atoms with Gasteiger partial charge in [-0.2, -0.15) is 0 Å². The van der Waals surface area contributed by atoms with Crippen LogP contribution in [0.25, 0.3) is 11.0 Å². The molecule has 5 heteroatoms. The average molecular weight is 288 g/mol. The van der Waals surface area contributed by atoms with Crippen molar-refractivity contribution in [2.24, 2.45) is 5.92 Å². The molecule has 2 aromatic rings. The van der Waals surface area contributed by atoms with E-state index >= 15 is 0 Å². The first kappa shape index (κ1) is 14.4. The van der Waals surface area contributed by atoms with Crippen LogP contribution in [-0.2, 0) is 13.2 Å². The number of aliphatic hydroxyl groups is 1. The van der Waals surface area contributed by atoms with E-state index in [1.165, 1.54) is 6.42 Å². The molecular formula is C16H24N4O. The Morgan fingerprint density at radius 1 is 1.43 bits per heavy atom. The molecule has 3 rings (SSSR count). The number of anilines is 1. The number of likely N-dealkylation sites (tertiary alicyclic amines) is 1. The number of hydrogen-bond donors (Lipinski definition) is 2. The highest BCUT2D eigenvalue weighted by Crippen LogP contribution is 2.25. The maximum Gasteiger partial charge on any atom is 0.135 e. The molecule has 21 heavy (non-hydrogen) atoms. The van der Waals surface area contributed by atoms with Crippen molar-refractivity contribution >= 4 is 16.7 Å². The second kappa shape index (κ2) is 5.66. The number of nitrogens with zero attached hydrogens (tertiary/aromatic N) is 3. The summed E-state index contributed by atoms with van der Waals surface area (Å²) in [6, 6.07) is 6.38. The minimum atomic E-state index is -0.0325. The van der Waals surface area contributed by atoms with E-state index in [1.807, 2.05) is 18.2 Å². The lowest BCUT2D eigenvalue weighted by Gasteiger charge is -2.20. The molecule has 1 aliphatic rings. The zero-order valence-electron chi connectivity index (χ0n) is 12.8. The Labute approximate surface area is 125 Å². The third kappa shape index (κ3) is 2.76. The van der Waals surface area contributed by atoms with Crippen LogP contribution in [0.5, 0.6) is 0 Å². The highest BCUT2D eigenvalue weighted by molar-refractivity contribution is 5.79. The van der Waals surface area contributed by atoms with Crippen LogP contribution in [-0.4, -0.2) is 38.7 Å². The van der Waals surface area contributed by atoms with E-state index in [0.29, 0.717) is 17.6 Å². The largest absolute Gasteiger partial charge is 0.399 e. The van der Waals surface area contributed by atoms with Gasteiger partial charge >= 0.3 is 0 Å². The van der Waals surface area contributed by atoms with Gasteiger partial charge < -0.3 is 20.3 Å². The minimum Gasteiger partial charge on any atom is -0.399 e. The molecule has 1 saturated heterocycles. The Kier molecular flexibility index (Phi) is 3.87. The number of rotatable bonds is 4. The fraction of sp³-hybridized carbons (Fsp3) is 0.562. The monoisotopic (exact) mass is 288 g/mol. The minimum absolute atomic E-state index is 0.0325. The van der Waals surface area contributed by atoms with Crippen LogP contribution >= 0.6 is 0 Å². The van der Waals surface area contributed by atoms with E-state index in [0.717, 1.165) is 36.5 Å². The van der Waals surface area contributed by atoms with Crippen molar-refractivity contribution in [1.29, 1.82) is 0 Å². The first-order valence-electron chi connectivity index (χ1n) is 7.68. The Hall–Kier alpha value is -1.59. The van der Waals surface area contributed by atoms with Gasteiger partial charge in [0, 0.05) is 24.8 Å². The predicted octanol–water partition coefficient (Wildman–Crippen LogP) is 1.84. The van der Waals surface area contributed by atoms with Crippen molar-refractivity contribution in [3.05, 3.63) is 24.0 Å². The van der Waals surface area contributed by atoms with E-state index in [4.69, 9.17) is 5.73 Å². The third-order valence-corrected chi connectivity index (χ3v) is 4.48. The fourth-order valence-corrected chi connectivity index (χ4v) is 3.26. The molecule has 0 spiro atoms. The van der Waals surface area contributed by atoms with Crippen LogP contribution in [0.4, 0.5) is 5.69 Å². The van der Waals surface area contributed by atoms with Crippen LogP contribution in [0.1, 0.15) is 26.1 Å². The second-order valence-corrected chi connectivity index (χ2v) is 6.29. The van der Waals surface area contributed by atoms with Crippen LogP contribution in [0.15, 0.2) is 18.2 Å². The van der Waals surface area contributed by atoms with Gasteiger partial charge in [-0.05, 0) is 50.9 Å². The number of fused-ring (bicyclic) bond motifs is 1. The van der Waals surface area contributed by atoms with E-state index in [9.17, 15) is 5.11 Å². The number of hydrogen-bond acceptors (Lipinski definition) is 4. The number of aromatic nitrogens is 2. The second-order valence-electron chi connectivity index (χ2n) is 6.29. The molecule has 0 radical (unpaired) electrons. The van der Waals surface area contributed by atoms with Crippen LogP contribution < -0.4 is 5.73 Å². The van der Waals surface area contributed by atoms with Gasteiger partial charge in [-0.1, -0.05) is 0 Å². The fourth-order valence-electron chi connectivity index (χ4n) is 3.26. The summed E-state index contributed by atoms with van der Waals surface area (Å²) in [5.74, 6) is 1.35. The van der Waals surface area contributed by atoms with Crippen LogP contribution in [0.2, 0.25) is 0 Å². The number of nitrogen functional groups attached to an aromatic ring is 1. The summed E-state index contributed by atoms with van der Waals surface area (Å²) < 4.78 is 2.16. The standard InChI is InChI=1S/C16H24N4O/c1-11(2)19-6-5-12(8-19)9-20-15-4-3-13(17)7-14(15)18-16(20)10-21/h3-4,7,11-12,21H,5-6,8-10,17H2,1-2H3. The lowest BCUT2D eigenvalue weighted by atomic mass is 10.1. The molecule has 1 fully saturated rings. The average Bonchev–Trinajstić information content (AvgIpc) is 3.04. The van der Waals surface area contributed by atoms with Gasteiger partial charge in [-0.15, -0.1) is 0 Å². The van der Waals surface area contributed by atoms with E-state index in [1.54, 1.807) is 0 Å². The molecule has 1 aromatic heterocycles.